The second-order valence-corrected chi connectivity index (χ2v) is 2.94. The number of rotatable bonds is 3. The lowest BCUT2D eigenvalue weighted by Crippen LogP contribution is -1.88. The molecule has 1 aromatic carbocycles. The first-order valence-corrected chi connectivity index (χ1v) is 4.11. The fraction of sp³-hybridized carbons (Fsp3) is 0.300. The van der Waals surface area contributed by atoms with Gasteiger partial charge in [0, 0.05) is 6.42 Å². The number of hydrogen-bond donors (Lipinski definition) is 2. The predicted octanol–water partition coefficient (Wildman–Crippen LogP) is 1.54. The van der Waals surface area contributed by atoms with Crippen LogP contribution in [0.15, 0.2) is 12.1 Å². The summed E-state index contributed by atoms with van der Waals surface area (Å²) in [6.45, 7) is 1.71. The first-order valence-electron chi connectivity index (χ1n) is 4.11. The zero-order valence-corrected chi connectivity index (χ0v) is 7.45. The molecule has 0 radical (unpaired) electrons. The van der Waals surface area contributed by atoms with Crippen molar-refractivity contribution in [1.82, 2.24) is 0 Å². The number of carbonyl (C=O) groups is 1. The highest BCUT2D eigenvalue weighted by Crippen LogP contribution is 2.32. The van der Waals surface area contributed by atoms with Crippen LogP contribution >= 0.6 is 0 Å². The molecule has 0 bridgehead atoms. The summed E-state index contributed by atoms with van der Waals surface area (Å²) in [4.78, 5) is 10.1. The van der Waals surface area contributed by atoms with Gasteiger partial charge in [0.1, 0.15) is 6.29 Å². The van der Waals surface area contributed by atoms with Crippen LogP contribution in [0.25, 0.3) is 0 Å². The molecule has 0 saturated carbocycles. The molecule has 0 atom stereocenters. The van der Waals surface area contributed by atoms with Crippen molar-refractivity contribution in [2.75, 3.05) is 0 Å². The van der Waals surface area contributed by atoms with Crippen LogP contribution in [-0.2, 0) is 11.2 Å². The third kappa shape index (κ3) is 1.99. The van der Waals surface area contributed by atoms with E-state index in [1.165, 1.54) is 0 Å². The number of aromatic hydroxyl groups is 2. The van der Waals surface area contributed by atoms with Gasteiger partial charge in [-0.2, -0.15) is 0 Å². The molecule has 0 amide bonds. The van der Waals surface area contributed by atoms with Gasteiger partial charge < -0.3 is 15.0 Å². The maximum absolute atomic E-state index is 10.1. The zero-order valence-electron chi connectivity index (χ0n) is 7.45. The summed E-state index contributed by atoms with van der Waals surface area (Å²) < 4.78 is 0. The molecule has 13 heavy (non-hydrogen) atoms. The number of hydrogen-bond acceptors (Lipinski definition) is 3. The number of carbonyl (C=O) groups excluding carboxylic acids is 1. The van der Waals surface area contributed by atoms with Gasteiger partial charge in [-0.15, -0.1) is 0 Å². The molecule has 0 fully saturated rings. The van der Waals surface area contributed by atoms with Crippen LogP contribution in [0.1, 0.15) is 17.5 Å². The highest BCUT2D eigenvalue weighted by atomic mass is 16.3. The smallest absolute Gasteiger partial charge is 0.160 e. The van der Waals surface area contributed by atoms with E-state index in [1.807, 2.05) is 0 Å². The van der Waals surface area contributed by atoms with Crippen molar-refractivity contribution >= 4 is 6.29 Å². The maximum Gasteiger partial charge on any atom is 0.160 e. The molecule has 0 heterocycles. The summed E-state index contributed by atoms with van der Waals surface area (Å²) in [6, 6.07) is 3.43. The number of aryl methyl sites for hydroxylation is 2. The Morgan fingerprint density at radius 1 is 1.31 bits per heavy atom. The van der Waals surface area contributed by atoms with Crippen LogP contribution < -0.4 is 0 Å². The van der Waals surface area contributed by atoms with Crippen LogP contribution in [0.5, 0.6) is 11.5 Å². The van der Waals surface area contributed by atoms with E-state index >= 15 is 0 Å². The summed E-state index contributed by atoms with van der Waals surface area (Å²) in [7, 11) is 0. The molecule has 3 nitrogen and oxygen atoms in total. The molecule has 70 valence electrons. The van der Waals surface area contributed by atoms with Gasteiger partial charge in [0.2, 0.25) is 0 Å². The molecular formula is C10H12O3. The zero-order chi connectivity index (χ0) is 9.84. The predicted molar refractivity (Wildman–Crippen MR) is 48.9 cm³/mol. The van der Waals surface area contributed by atoms with E-state index in [2.05, 4.69) is 0 Å². The number of phenols is 2. The van der Waals surface area contributed by atoms with Gasteiger partial charge in [-0.3, -0.25) is 0 Å². The molecule has 0 aliphatic rings. The average Bonchev–Trinajstić information content (AvgIpc) is 2.13. The Kier molecular flexibility index (Phi) is 2.90. The molecule has 0 unspecified atom stereocenters. The first kappa shape index (κ1) is 9.58. The van der Waals surface area contributed by atoms with Gasteiger partial charge in [0.05, 0.1) is 0 Å². The van der Waals surface area contributed by atoms with E-state index < -0.39 is 0 Å². The van der Waals surface area contributed by atoms with Crippen molar-refractivity contribution in [1.29, 1.82) is 0 Å². The molecule has 0 aliphatic carbocycles. The Hall–Kier alpha value is -1.51. The van der Waals surface area contributed by atoms with Crippen LogP contribution in [0.2, 0.25) is 0 Å². The largest absolute Gasteiger partial charge is 0.504 e. The van der Waals surface area contributed by atoms with Crippen molar-refractivity contribution in [2.45, 2.75) is 19.8 Å². The number of aldehydes is 1. The third-order valence-electron chi connectivity index (χ3n) is 1.97. The van der Waals surface area contributed by atoms with Gasteiger partial charge in [0.25, 0.3) is 0 Å². The van der Waals surface area contributed by atoms with E-state index in [4.69, 9.17) is 0 Å². The molecule has 3 heteroatoms. The van der Waals surface area contributed by atoms with Crippen LogP contribution in [0.3, 0.4) is 0 Å². The summed E-state index contributed by atoms with van der Waals surface area (Å²) in [5.74, 6) is -0.203. The van der Waals surface area contributed by atoms with Crippen molar-refractivity contribution in [3.8, 4) is 11.5 Å². The molecule has 0 saturated heterocycles. The van der Waals surface area contributed by atoms with Crippen molar-refractivity contribution in [3.05, 3.63) is 23.3 Å². The molecular weight excluding hydrogens is 168 g/mol. The normalized spacial score (nSPS) is 9.92. The second kappa shape index (κ2) is 3.94. The van der Waals surface area contributed by atoms with E-state index in [-0.39, 0.29) is 11.5 Å². The van der Waals surface area contributed by atoms with E-state index in [0.29, 0.717) is 24.0 Å². The Morgan fingerprint density at radius 3 is 2.62 bits per heavy atom. The Balaban J connectivity index is 2.96. The molecule has 0 aliphatic heterocycles. The van der Waals surface area contributed by atoms with Gasteiger partial charge in [-0.25, -0.2) is 0 Å². The van der Waals surface area contributed by atoms with Gasteiger partial charge in [-0.1, -0.05) is 12.1 Å². The molecule has 2 N–H and O–H groups in total. The lowest BCUT2D eigenvalue weighted by molar-refractivity contribution is -0.107. The van der Waals surface area contributed by atoms with Crippen molar-refractivity contribution < 1.29 is 15.0 Å². The minimum Gasteiger partial charge on any atom is -0.504 e. The van der Waals surface area contributed by atoms with E-state index in [9.17, 15) is 15.0 Å². The van der Waals surface area contributed by atoms with E-state index in [0.717, 1.165) is 6.29 Å². The highest BCUT2D eigenvalue weighted by Gasteiger charge is 2.07. The topological polar surface area (TPSA) is 57.5 Å². The third-order valence-corrected chi connectivity index (χ3v) is 1.97. The summed E-state index contributed by atoms with van der Waals surface area (Å²) in [5.41, 5.74) is 1.24. The lowest BCUT2D eigenvalue weighted by Gasteiger charge is -2.06. The monoisotopic (exact) mass is 180 g/mol. The molecule has 0 spiro atoms. The van der Waals surface area contributed by atoms with Gasteiger partial charge in [0.15, 0.2) is 11.5 Å². The van der Waals surface area contributed by atoms with Crippen LogP contribution in [-0.4, -0.2) is 16.5 Å². The average molecular weight is 180 g/mol. The summed E-state index contributed by atoms with van der Waals surface area (Å²) in [5, 5.41) is 18.8. The standard InChI is InChI=1S/C10H12O3/c1-7-4-5-8(3-2-6-11)10(13)9(7)12/h4-6,12-13H,2-3H2,1H3. The summed E-state index contributed by atoms with van der Waals surface area (Å²) >= 11 is 0. The van der Waals surface area contributed by atoms with Crippen molar-refractivity contribution in [2.24, 2.45) is 0 Å². The van der Waals surface area contributed by atoms with Gasteiger partial charge in [-0.05, 0) is 24.5 Å². The molecule has 0 aromatic heterocycles. The SMILES string of the molecule is Cc1ccc(CCC=O)c(O)c1O. The quantitative estimate of drug-likeness (QED) is 0.548. The number of phenolic OH excluding ortho intramolecular Hbond substituents is 2. The fourth-order valence-corrected chi connectivity index (χ4v) is 1.14. The van der Waals surface area contributed by atoms with Gasteiger partial charge >= 0.3 is 0 Å². The lowest BCUT2D eigenvalue weighted by atomic mass is 10.1. The summed E-state index contributed by atoms with van der Waals surface area (Å²) in [6.07, 6.45) is 1.61. The van der Waals surface area contributed by atoms with E-state index in [1.54, 1.807) is 19.1 Å². The maximum atomic E-state index is 10.1. The van der Waals surface area contributed by atoms with Crippen LogP contribution in [0.4, 0.5) is 0 Å². The highest BCUT2D eigenvalue weighted by molar-refractivity contribution is 5.53. The Labute approximate surface area is 76.6 Å². The minimum atomic E-state index is -0.109. The first-order chi connectivity index (χ1) is 6.16. The Bertz CT molecular complexity index is 318. The minimum absolute atomic E-state index is 0.0941. The molecule has 1 rings (SSSR count). The Morgan fingerprint density at radius 2 is 2.00 bits per heavy atom. The molecule has 1 aromatic rings. The second-order valence-electron chi connectivity index (χ2n) is 2.94. The van der Waals surface area contributed by atoms with Crippen molar-refractivity contribution in [3.63, 3.8) is 0 Å². The van der Waals surface area contributed by atoms with Crippen LogP contribution in [0, 0.1) is 6.92 Å². The fourth-order valence-electron chi connectivity index (χ4n) is 1.14. The number of benzene rings is 1.